The van der Waals surface area contributed by atoms with Crippen molar-refractivity contribution in [3.05, 3.63) is 97.1 Å². The molecule has 280 valence electrons. The normalized spacial score (nSPS) is 25.5. The number of rotatable bonds is 19. The Labute approximate surface area is 307 Å². The van der Waals surface area contributed by atoms with Crippen LogP contribution in [0.2, 0.25) is 0 Å². The van der Waals surface area contributed by atoms with Crippen LogP contribution in [-0.2, 0) is 33.4 Å². The van der Waals surface area contributed by atoms with Gasteiger partial charge in [0.2, 0.25) is 17.7 Å². The number of nitrogens with one attached hydrogen (secondary N) is 1. The third-order valence-corrected chi connectivity index (χ3v) is 10.8. The average Bonchev–Trinajstić information content (AvgIpc) is 3.80. The molecule has 11 heteroatoms. The van der Waals surface area contributed by atoms with Crippen LogP contribution in [0.4, 0.5) is 0 Å². The summed E-state index contributed by atoms with van der Waals surface area (Å²) in [7, 11) is 1.50. The number of esters is 1. The number of hydrogen-bond donors (Lipinski definition) is 2. The molecule has 0 saturated carbocycles. The van der Waals surface area contributed by atoms with E-state index in [9.17, 15) is 24.3 Å². The highest BCUT2D eigenvalue weighted by molar-refractivity contribution is 5.98. The maximum Gasteiger partial charge on any atom is 0.313 e. The van der Waals surface area contributed by atoms with Crippen molar-refractivity contribution in [2.24, 2.45) is 11.8 Å². The van der Waals surface area contributed by atoms with Gasteiger partial charge in [-0.15, -0.1) is 13.2 Å². The number of aliphatic hydroxyl groups excluding tert-OH is 1. The molecule has 0 radical (unpaired) electrons. The lowest BCUT2D eigenvalue weighted by Crippen LogP contribution is -2.58. The molecule has 3 aliphatic rings. The zero-order chi connectivity index (χ0) is 37.4. The van der Waals surface area contributed by atoms with Gasteiger partial charge in [-0.3, -0.25) is 19.2 Å². The molecule has 2 aromatic carbocycles. The van der Waals surface area contributed by atoms with E-state index in [0.29, 0.717) is 30.4 Å². The van der Waals surface area contributed by atoms with Gasteiger partial charge in [-0.2, -0.15) is 0 Å². The van der Waals surface area contributed by atoms with E-state index in [2.05, 4.69) is 25.4 Å². The molecule has 3 saturated heterocycles. The molecule has 2 bridgehead atoms. The highest BCUT2D eigenvalue weighted by Crippen LogP contribution is 2.60. The van der Waals surface area contributed by atoms with E-state index in [1.54, 1.807) is 17.1 Å². The van der Waals surface area contributed by atoms with Crippen molar-refractivity contribution in [2.75, 3.05) is 26.9 Å². The van der Waals surface area contributed by atoms with Crippen LogP contribution in [0.25, 0.3) is 0 Å². The topological polar surface area (TPSA) is 135 Å². The Bertz CT molecular complexity index is 1570. The summed E-state index contributed by atoms with van der Waals surface area (Å²) in [5.74, 6) is -3.70. The molecular formula is C41H53N3O8. The third-order valence-electron chi connectivity index (χ3n) is 10.8. The molecule has 3 fully saturated rings. The highest BCUT2D eigenvalue weighted by atomic mass is 16.6. The quantitative estimate of drug-likeness (QED) is 0.158. The third kappa shape index (κ3) is 7.58. The Morgan fingerprint density at radius 1 is 1.10 bits per heavy atom. The first-order valence-corrected chi connectivity index (χ1v) is 18.4. The monoisotopic (exact) mass is 715 g/mol. The standard InChI is InChI=1S/C41H53N3O8/c1-6-9-21-33(46)42-30(26-50-5)36(29-19-14-11-15-20-29)51-40(49)34-32-22-23-41(52-32)35(34)38(47)44(31(25-45)28-17-12-10-13-18-28)37(41)39(48)43(24-8-3)27(4)16-7-2/h6,8,10-15,17-20,27,30-32,34-37,45H,1,3,7,9,16,21-26H2,2,4-5H3,(H,42,46)/t27?,30-,31+,32+,34-,35-,36-,37+,41-/m0/s1. The second-order valence-corrected chi connectivity index (χ2v) is 14.1. The van der Waals surface area contributed by atoms with Crippen molar-refractivity contribution in [3.63, 3.8) is 0 Å². The fourth-order valence-corrected chi connectivity index (χ4v) is 8.49. The second-order valence-electron chi connectivity index (χ2n) is 14.1. The van der Waals surface area contributed by atoms with E-state index in [1.807, 2.05) is 67.6 Å². The summed E-state index contributed by atoms with van der Waals surface area (Å²) in [6.45, 7) is 11.5. The van der Waals surface area contributed by atoms with Gasteiger partial charge in [-0.05, 0) is 43.7 Å². The molecule has 3 amide bonds. The number of benzene rings is 2. The molecule has 1 unspecified atom stereocenters. The molecule has 3 aliphatic heterocycles. The maximum atomic E-state index is 14.9. The van der Waals surface area contributed by atoms with Crippen LogP contribution in [0.1, 0.15) is 75.6 Å². The largest absolute Gasteiger partial charge is 0.455 e. The lowest BCUT2D eigenvalue weighted by molar-refractivity contribution is -0.163. The van der Waals surface area contributed by atoms with Gasteiger partial charge in [0, 0.05) is 26.1 Å². The molecule has 0 aromatic heterocycles. The molecule has 0 aliphatic carbocycles. The van der Waals surface area contributed by atoms with Crippen LogP contribution in [0.15, 0.2) is 86.0 Å². The summed E-state index contributed by atoms with van der Waals surface area (Å²) in [6.07, 6.45) is 4.81. The Kier molecular flexibility index (Phi) is 13.1. The van der Waals surface area contributed by atoms with Gasteiger partial charge in [-0.1, -0.05) is 86.2 Å². The van der Waals surface area contributed by atoms with Crippen LogP contribution in [0, 0.1) is 11.8 Å². The molecule has 9 atom stereocenters. The number of amides is 3. The van der Waals surface area contributed by atoms with E-state index in [-0.39, 0.29) is 37.4 Å². The molecule has 1 spiro atoms. The number of carbonyl (C=O) groups excluding carboxylic acids is 4. The Hall–Kier alpha value is -4.32. The van der Waals surface area contributed by atoms with E-state index in [4.69, 9.17) is 14.2 Å². The van der Waals surface area contributed by atoms with Gasteiger partial charge < -0.3 is 34.4 Å². The number of fused-ring (bicyclic) bond motifs is 1. The van der Waals surface area contributed by atoms with E-state index < -0.39 is 66.3 Å². The van der Waals surface area contributed by atoms with E-state index in [0.717, 1.165) is 12.8 Å². The van der Waals surface area contributed by atoms with Gasteiger partial charge in [-0.25, -0.2) is 0 Å². The maximum absolute atomic E-state index is 14.9. The summed E-state index contributed by atoms with van der Waals surface area (Å²) < 4.78 is 18.6. The summed E-state index contributed by atoms with van der Waals surface area (Å²) in [6, 6.07) is 15.4. The van der Waals surface area contributed by atoms with Crippen molar-refractivity contribution < 1.29 is 38.5 Å². The minimum absolute atomic E-state index is 0.0538. The fraction of sp³-hybridized carbons (Fsp3) is 0.512. The first-order chi connectivity index (χ1) is 25.2. The lowest BCUT2D eigenvalue weighted by atomic mass is 9.70. The molecule has 2 aromatic rings. The number of carbonyl (C=O) groups is 4. The predicted molar refractivity (Wildman–Crippen MR) is 196 cm³/mol. The Morgan fingerprint density at radius 3 is 2.37 bits per heavy atom. The second kappa shape index (κ2) is 17.5. The summed E-state index contributed by atoms with van der Waals surface area (Å²) in [5, 5.41) is 13.8. The number of methoxy groups -OCH3 is 1. The van der Waals surface area contributed by atoms with Crippen molar-refractivity contribution in [3.8, 4) is 0 Å². The van der Waals surface area contributed by atoms with Crippen molar-refractivity contribution in [1.82, 2.24) is 15.1 Å². The van der Waals surface area contributed by atoms with Gasteiger partial charge >= 0.3 is 5.97 Å². The smallest absolute Gasteiger partial charge is 0.313 e. The summed E-state index contributed by atoms with van der Waals surface area (Å²) in [4.78, 5) is 60.6. The number of aliphatic hydroxyl groups is 1. The number of ether oxygens (including phenoxy) is 3. The zero-order valence-electron chi connectivity index (χ0n) is 30.5. The van der Waals surface area contributed by atoms with Crippen LogP contribution < -0.4 is 5.32 Å². The van der Waals surface area contributed by atoms with Crippen LogP contribution in [-0.4, -0.2) is 95.3 Å². The van der Waals surface area contributed by atoms with Gasteiger partial charge in [0.1, 0.15) is 17.7 Å². The highest BCUT2D eigenvalue weighted by Gasteiger charge is 2.76. The van der Waals surface area contributed by atoms with Crippen molar-refractivity contribution in [1.29, 1.82) is 0 Å². The van der Waals surface area contributed by atoms with Crippen LogP contribution in [0.5, 0.6) is 0 Å². The van der Waals surface area contributed by atoms with Crippen molar-refractivity contribution in [2.45, 2.75) is 94.3 Å². The van der Waals surface area contributed by atoms with E-state index in [1.165, 1.54) is 12.0 Å². The minimum atomic E-state index is -1.32. The number of hydrogen-bond acceptors (Lipinski definition) is 8. The van der Waals surface area contributed by atoms with Gasteiger partial charge in [0.15, 0.2) is 0 Å². The van der Waals surface area contributed by atoms with Crippen molar-refractivity contribution >= 4 is 23.7 Å². The molecule has 3 heterocycles. The molecule has 11 nitrogen and oxygen atoms in total. The molecule has 5 rings (SSSR count). The fourth-order valence-electron chi connectivity index (χ4n) is 8.49. The number of likely N-dealkylation sites (tertiary alicyclic amines) is 1. The van der Waals surface area contributed by atoms with Crippen LogP contribution in [0.3, 0.4) is 0 Å². The Morgan fingerprint density at radius 2 is 1.77 bits per heavy atom. The van der Waals surface area contributed by atoms with Gasteiger partial charge in [0.05, 0.1) is 43.2 Å². The number of nitrogens with zero attached hydrogens (tertiary/aromatic N) is 2. The average molecular weight is 716 g/mol. The zero-order valence-corrected chi connectivity index (χ0v) is 30.5. The summed E-state index contributed by atoms with van der Waals surface area (Å²) in [5.41, 5.74) is -0.0114. The van der Waals surface area contributed by atoms with E-state index >= 15 is 0 Å². The predicted octanol–water partition coefficient (Wildman–Crippen LogP) is 4.68. The summed E-state index contributed by atoms with van der Waals surface area (Å²) >= 11 is 0. The molecule has 2 N–H and O–H groups in total. The van der Waals surface area contributed by atoms with Crippen LogP contribution >= 0.6 is 0 Å². The Balaban J connectivity index is 1.55. The first kappa shape index (κ1) is 38.9. The first-order valence-electron chi connectivity index (χ1n) is 18.4. The van der Waals surface area contributed by atoms with Gasteiger partial charge in [0.25, 0.3) is 0 Å². The molecule has 52 heavy (non-hydrogen) atoms. The minimum Gasteiger partial charge on any atom is -0.455 e. The SMILES string of the molecule is C=CCCC(=O)N[C@@H](COC)[C@@H](OC(=O)[C@@H]1[C@H]2C(=O)N([C@H](CO)c3ccccc3)[C@H](C(=O)N(CC=C)C(C)CCC)[C@]23CC[C@H]1O3)c1ccccc1. The lowest BCUT2D eigenvalue weighted by Gasteiger charge is -2.41. The molecular weight excluding hydrogens is 662 g/mol. The number of allylic oxidation sites excluding steroid dienone is 1.